The summed E-state index contributed by atoms with van der Waals surface area (Å²) in [5.74, 6) is -0.223. The first-order chi connectivity index (χ1) is 8.70. The Kier molecular flexibility index (Phi) is 4.07. The number of halogens is 1. The Bertz CT molecular complexity index is 410. The fourth-order valence-corrected chi connectivity index (χ4v) is 2.21. The van der Waals surface area contributed by atoms with Gasteiger partial charge in [0.1, 0.15) is 0 Å². The fraction of sp³-hybridized carbons (Fsp3) is 0.583. The van der Waals surface area contributed by atoms with E-state index in [0.29, 0.717) is 12.4 Å². The van der Waals surface area contributed by atoms with Crippen LogP contribution in [0.2, 0.25) is 0 Å². The van der Waals surface area contributed by atoms with Gasteiger partial charge in [0, 0.05) is 12.6 Å². The molecule has 0 N–H and O–H groups in total. The van der Waals surface area contributed by atoms with Crippen molar-refractivity contribution in [1.82, 2.24) is 9.97 Å². The standard InChI is InChI=1S/C12H16FN3O2/c1-18-11(17)6-10-4-2-3-5-16(10)12-14-7-9(13)8-15-12/h7-8,10H,2-6H2,1H3. The highest BCUT2D eigenvalue weighted by molar-refractivity contribution is 5.70. The van der Waals surface area contributed by atoms with Gasteiger partial charge in [-0.25, -0.2) is 14.4 Å². The number of rotatable bonds is 3. The summed E-state index contributed by atoms with van der Waals surface area (Å²) in [6.45, 7) is 0.785. The summed E-state index contributed by atoms with van der Waals surface area (Å²) in [6, 6.07) is 0.0386. The van der Waals surface area contributed by atoms with Crippen LogP contribution in [-0.2, 0) is 9.53 Å². The predicted octanol–water partition coefficient (Wildman–Crippen LogP) is 1.54. The molecule has 0 aromatic carbocycles. The molecule has 1 aromatic rings. The summed E-state index contributed by atoms with van der Waals surface area (Å²) < 4.78 is 17.5. The molecule has 1 unspecified atom stereocenters. The molecule has 98 valence electrons. The van der Waals surface area contributed by atoms with Gasteiger partial charge >= 0.3 is 5.97 Å². The van der Waals surface area contributed by atoms with Crippen molar-refractivity contribution < 1.29 is 13.9 Å². The first-order valence-electron chi connectivity index (χ1n) is 6.01. The Balaban J connectivity index is 2.12. The quantitative estimate of drug-likeness (QED) is 0.765. The molecule has 0 bridgehead atoms. The zero-order valence-electron chi connectivity index (χ0n) is 10.3. The highest BCUT2D eigenvalue weighted by Crippen LogP contribution is 2.23. The van der Waals surface area contributed by atoms with Crippen LogP contribution in [0.3, 0.4) is 0 Å². The highest BCUT2D eigenvalue weighted by Gasteiger charge is 2.26. The van der Waals surface area contributed by atoms with E-state index in [1.54, 1.807) is 0 Å². The van der Waals surface area contributed by atoms with Gasteiger partial charge in [0.2, 0.25) is 5.95 Å². The van der Waals surface area contributed by atoms with Crippen LogP contribution in [0, 0.1) is 5.82 Å². The Labute approximate surface area is 105 Å². The van der Waals surface area contributed by atoms with Gasteiger partial charge in [0.15, 0.2) is 5.82 Å². The first-order valence-corrected chi connectivity index (χ1v) is 6.01. The van der Waals surface area contributed by atoms with E-state index in [9.17, 15) is 9.18 Å². The third-order valence-electron chi connectivity index (χ3n) is 3.12. The third kappa shape index (κ3) is 2.94. The summed E-state index contributed by atoms with van der Waals surface area (Å²) in [6.07, 6.45) is 5.60. The van der Waals surface area contributed by atoms with E-state index in [0.717, 1.165) is 38.2 Å². The number of anilines is 1. The second-order valence-electron chi connectivity index (χ2n) is 4.32. The molecule has 1 aromatic heterocycles. The van der Waals surface area contributed by atoms with Crippen LogP contribution in [0.1, 0.15) is 25.7 Å². The second kappa shape index (κ2) is 5.75. The number of hydrogen-bond donors (Lipinski definition) is 0. The molecule has 0 amide bonds. The van der Waals surface area contributed by atoms with Crippen LogP contribution < -0.4 is 4.90 Å². The largest absolute Gasteiger partial charge is 0.469 e. The molecular formula is C12H16FN3O2. The topological polar surface area (TPSA) is 55.3 Å². The number of aromatic nitrogens is 2. The summed E-state index contributed by atoms with van der Waals surface area (Å²) >= 11 is 0. The average molecular weight is 253 g/mol. The molecule has 1 saturated heterocycles. The minimum atomic E-state index is -0.458. The maximum atomic E-state index is 12.8. The van der Waals surface area contributed by atoms with Gasteiger partial charge in [0.05, 0.1) is 25.9 Å². The van der Waals surface area contributed by atoms with Gasteiger partial charge in [-0.2, -0.15) is 0 Å². The van der Waals surface area contributed by atoms with Crippen molar-refractivity contribution in [2.75, 3.05) is 18.6 Å². The highest BCUT2D eigenvalue weighted by atomic mass is 19.1. The molecule has 0 spiro atoms. The first kappa shape index (κ1) is 12.7. The summed E-state index contributed by atoms with van der Waals surface area (Å²) in [5.41, 5.74) is 0. The van der Waals surface area contributed by atoms with E-state index >= 15 is 0 Å². The van der Waals surface area contributed by atoms with Gasteiger partial charge in [0.25, 0.3) is 0 Å². The number of methoxy groups -OCH3 is 1. The molecule has 2 rings (SSSR count). The third-order valence-corrected chi connectivity index (χ3v) is 3.12. The number of piperidine rings is 1. The Morgan fingerprint density at radius 1 is 1.50 bits per heavy atom. The molecule has 2 heterocycles. The Morgan fingerprint density at radius 2 is 2.22 bits per heavy atom. The van der Waals surface area contributed by atoms with Gasteiger partial charge in [-0.15, -0.1) is 0 Å². The summed E-state index contributed by atoms with van der Waals surface area (Å²) in [7, 11) is 1.38. The van der Waals surface area contributed by atoms with Gasteiger partial charge in [-0.05, 0) is 19.3 Å². The van der Waals surface area contributed by atoms with Gasteiger partial charge < -0.3 is 9.64 Å². The van der Waals surface area contributed by atoms with Crippen molar-refractivity contribution in [3.05, 3.63) is 18.2 Å². The van der Waals surface area contributed by atoms with E-state index in [1.165, 1.54) is 7.11 Å². The van der Waals surface area contributed by atoms with Crippen LogP contribution in [0.25, 0.3) is 0 Å². The van der Waals surface area contributed by atoms with Crippen molar-refractivity contribution in [2.24, 2.45) is 0 Å². The lowest BCUT2D eigenvalue weighted by atomic mass is 10.00. The van der Waals surface area contributed by atoms with E-state index in [1.807, 2.05) is 4.90 Å². The van der Waals surface area contributed by atoms with E-state index in [4.69, 9.17) is 0 Å². The van der Waals surface area contributed by atoms with Crippen molar-refractivity contribution in [3.8, 4) is 0 Å². The summed E-state index contributed by atoms with van der Waals surface area (Å²) in [4.78, 5) is 21.3. The zero-order valence-corrected chi connectivity index (χ0v) is 10.3. The molecule has 1 fully saturated rings. The van der Waals surface area contributed by atoms with Gasteiger partial charge in [-0.3, -0.25) is 4.79 Å². The minimum absolute atomic E-state index is 0.0386. The smallest absolute Gasteiger partial charge is 0.307 e. The zero-order chi connectivity index (χ0) is 13.0. The molecule has 0 radical (unpaired) electrons. The molecule has 0 aliphatic carbocycles. The average Bonchev–Trinajstić information content (AvgIpc) is 2.40. The Morgan fingerprint density at radius 3 is 2.89 bits per heavy atom. The number of carbonyl (C=O) groups is 1. The SMILES string of the molecule is COC(=O)CC1CCCCN1c1ncc(F)cn1. The van der Waals surface area contributed by atoms with Crippen LogP contribution >= 0.6 is 0 Å². The van der Waals surface area contributed by atoms with Gasteiger partial charge in [-0.1, -0.05) is 0 Å². The van der Waals surface area contributed by atoms with Crippen LogP contribution in [0.15, 0.2) is 12.4 Å². The number of esters is 1. The molecule has 5 nitrogen and oxygen atoms in total. The minimum Gasteiger partial charge on any atom is -0.469 e. The lowest BCUT2D eigenvalue weighted by molar-refractivity contribution is -0.141. The number of ether oxygens (including phenoxy) is 1. The van der Waals surface area contributed by atoms with Crippen LogP contribution in [0.5, 0.6) is 0 Å². The monoisotopic (exact) mass is 253 g/mol. The molecular weight excluding hydrogens is 237 g/mol. The maximum absolute atomic E-state index is 12.8. The van der Waals surface area contributed by atoms with Crippen molar-refractivity contribution in [1.29, 1.82) is 0 Å². The molecule has 0 saturated carbocycles. The van der Waals surface area contributed by atoms with Crippen molar-refractivity contribution in [3.63, 3.8) is 0 Å². The number of carbonyl (C=O) groups excluding carboxylic acids is 1. The normalized spacial score (nSPS) is 19.7. The molecule has 1 atom stereocenters. The number of hydrogen-bond acceptors (Lipinski definition) is 5. The number of nitrogens with zero attached hydrogens (tertiary/aromatic N) is 3. The summed E-state index contributed by atoms with van der Waals surface area (Å²) in [5, 5.41) is 0. The van der Waals surface area contributed by atoms with Crippen LogP contribution in [0.4, 0.5) is 10.3 Å². The predicted molar refractivity (Wildman–Crippen MR) is 63.6 cm³/mol. The van der Waals surface area contributed by atoms with Crippen molar-refractivity contribution in [2.45, 2.75) is 31.7 Å². The van der Waals surface area contributed by atoms with E-state index in [2.05, 4.69) is 14.7 Å². The molecule has 1 aliphatic rings. The molecule has 18 heavy (non-hydrogen) atoms. The molecule has 6 heteroatoms. The molecule has 1 aliphatic heterocycles. The fourth-order valence-electron chi connectivity index (χ4n) is 2.21. The lowest BCUT2D eigenvalue weighted by Crippen LogP contribution is -2.42. The maximum Gasteiger partial charge on any atom is 0.307 e. The second-order valence-corrected chi connectivity index (χ2v) is 4.32. The Hall–Kier alpha value is -1.72. The van der Waals surface area contributed by atoms with Crippen molar-refractivity contribution >= 4 is 11.9 Å². The van der Waals surface area contributed by atoms with Crippen LogP contribution in [-0.4, -0.2) is 35.6 Å². The van der Waals surface area contributed by atoms with E-state index < -0.39 is 5.82 Å². The lowest BCUT2D eigenvalue weighted by Gasteiger charge is -2.35. The van der Waals surface area contributed by atoms with E-state index in [-0.39, 0.29) is 12.0 Å².